The van der Waals surface area contributed by atoms with E-state index in [2.05, 4.69) is 5.32 Å². The number of carbonyl (C=O) groups is 2. The van der Waals surface area contributed by atoms with Crippen LogP contribution >= 0.6 is 12.2 Å². The van der Waals surface area contributed by atoms with Gasteiger partial charge in [0, 0.05) is 0 Å². The number of benzene rings is 1. The first-order valence-corrected chi connectivity index (χ1v) is 5.60. The van der Waals surface area contributed by atoms with Gasteiger partial charge in [-0.1, -0.05) is 30.3 Å². The van der Waals surface area contributed by atoms with Crippen LogP contribution < -0.4 is 5.32 Å². The Morgan fingerprint density at radius 2 is 2.06 bits per heavy atom. The molecule has 0 unspecified atom stereocenters. The molecule has 18 heavy (non-hydrogen) atoms. The van der Waals surface area contributed by atoms with Crippen LogP contribution in [0.15, 0.2) is 36.0 Å². The Hall–Kier alpha value is -2.21. The Morgan fingerprint density at radius 3 is 2.67 bits per heavy atom. The number of hydrogen-bond acceptors (Lipinski definition) is 3. The maximum Gasteiger partial charge on any atom is 0.323 e. The van der Waals surface area contributed by atoms with Crippen molar-refractivity contribution < 1.29 is 14.7 Å². The van der Waals surface area contributed by atoms with Crippen molar-refractivity contribution in [1.29, 1.82) is 0 Å². The minimum atomic E-state index is -1.10. The number of thiocarbonyl (C=S) groups is 1. The minimum absolute atomic E-state index is 0.115. The normalized spacial score (nSPS) is 17.1. The van der Waals surface area contributed by atoms with Crippen LogP contribution in [-0.2, 0) is 9.59 Å². The van der Waals surface area contributed by atoms with E-state index in [-0.39, 0.29) is 10.8 Å². The highest BCUT2D eigenvalue weighted by Crippen LogP contribution is 2.13. The number of amides is 1. The summed E-state index contributed by atoms with van der Waals surface area (Å²) in [6.07, 6.45) is 1.64. The van der Waals surface area contributed by atoms with Gasteiger partial charge in [-0.05, 0) is 23.9 Å². The number of rotatable bonds is 3. The molecule has 0 aliphatic carbocycles. The van der Waals surface area contributed by atoms with Crippen LogP contribution in [0.25, 0.3) is 6.08 Å². The fraction of sp³-hybridized carbons (Fsp3) is 0.0833. The van der Waals surface area contributed by atoms with Gasteiger partial charge in [0.2, 0.25) is 0 Å². The molecule has 0 atom stereocenters. The van der Waals surface area contributed by atoms with Crippen LogP contribution in [0.4, 0.5) is 0 Å². The molecule has 1 aliphatic heterocycles. The number of nitrogens with zero attached hydrogens (tertiary/aromatic N) is 1. The third-order valence-electron chi connectivity index (χ3n) is 2.37. The summed E-state index contributed by atoms with van der Waals surface area (Å²) in [5.41, 5.74) is 1.13. The number of aliphatic carboxylic acids is 1. The largest absolute Gasteiger partial charge is 0.480 e. The monoisotopic (exact) mass is 262 g/mol. The molecule has 1 aliphatic rings. The number of carboxylic acids is 1. The van der Waals surface area contributed by atoms with Gasteiger partial charge in [-0.15, -0.1) is 0 Å². The van der Waals surface area contributed by atoms with E-state index in [0.717, 1.165) is 10.5 Å². The molecule has 0 radical (unpaired) electrons. The molecule has 1 saturated heterocycles. The minimum Gasteiger partial charge on any atom is -0.480 e. The Morgan fingerprint density at radius 1 is 1.39 bits per heavy atom. The third-order valence-corrected chi connectivity index (χ3v) is 2.69. The highest BCUT2D eigenvalue weighted by molar-refractivity contribution is 7.80. The summed E-state index contributed by atoms with van der Waals surface area (Å²) >= 11 is 4.92. The lowest BCUT2D eigenvalue weighted by molar-refractivity contribution is -0.140. The molecule has 0 spiro atoms. The molecule has 2 rings (SSSR count). The van der Waals surface area contributed by atoms with Crippen molar-refractivity contribution in [3.63, 3.8) is 0 Å². The van der Waals surface area contributed by atoms with E-state index in [0.29, 0.717) is 0 Å². The van der Waals surface area contributed by atoms with E-state index in [4.69, 9.17) is 17.3 Å². The van der Waals surface area contributed by atoms with Gasteiger partial charge >= 0.3 is 5.97 Å². The van der Waals surface area contributed by atoms with E-state index >= 15 is 0 Å². The lowest BCUT2D eigenvalue weighted by atomic mass is 10.2. The van der Waals surface area contributed by atoms with Crippen molar-refractivity contribution >= 4 is 35.3 Å². The van der Waals surface area contributed by atoms with Gasteiger partial charge in [0.25, 0.3) is 5.91 Å². The second-order valence-electron chi connectivity index (χ2n) is 3.68. The molecule has 1 heterocycles. The lowest BCUT2D eigenvalue weighted by Crippen LogP contribution is -2.35. The molecule has 1 fully saturated rings. The van der Waals surface area contributed by atoms with Crippen molar-refractivity contribution in [3.05, 3.63) is 41.6 Å². The summed E-state index contributed by atoms with van der Waals surface area (Å²) in [5, 5.41) is 11.5. The first-order valence-electron chi connectivity index (χ1n) is 5.19. The Labute approximate surface area is 109 Å². The van der Waals surface area contributed by atoms with Gasteiger partial charge in [0.05, 0.1) is 0 Å². The lowest BCUT2D eigenvalue weighted by Gasteiger charge is -2.09. The molecule has 1 amide bonds. The average Bonchev–Trinajstić information content (AvgIpc) is 2.58. The topological polar surface area (TPSA) is 69.6 Å². The summed E-state index contributed by atoms with van der Waals surface area (Å²) < 4.78 is 0. The SMILES string of the molecule is O=C(O)CN1C(=O)C(=Cc2ccccc2)NC1=S. The van der Waals surface area contributed by atoms with Gasteiger partial charge in [-0.2, -0.15) is 0 Å². The molecule has 0 saturated carbocycles. The molecule has 1 aromatic rings. The Kier molecular flexibility index (Phi) is 3.38. The molecule has 1 aromatic carbocycles. The van der Waals surface area contributed by atoms with Crippen molar-refractivity contribution in [2.45, 2.75) is 0 Å². The van der Waals surface area contributed by atoms with Gasteiger partial charge in [0.15, 0.2) is 5.11 Å². The van der Waals surface area contributed by atoms with E-state index in [1.807, 2.05) is 30.3 Å². The fourth-order valence-electron chi connectivity index (χ4n) is 1.57. The van der Waals surface area contributed by atoms with E-state index in [1.54, 1.807) is 6.08 Å². The third kappa shape index (κ3) is 2.54. The number of carbonyl (C=O) groups excluding carboxylic acids is 1. The van der Waals surface area contributed by atoms with Gasteiger partial charge in [0.1, 0.15) is 12.2 Å². The molecule has 0 aromatic heterocycles. The highest BCUT2D eigenvalue weighted by Gasteiger charge is 2.31. The van der Waals surface area contributed by atoms with Gasteiger partial charge in [-0.25, -0.2) is 0 Å². The predicted octanol–water partition coefficient (Wildman–Crippen LogP) is 0.829. The van der Waals surface area contributed by atoms with Crippen LogP contribution in [0.2, 0.25) is 0 Å². The summed E-state index contributed by atoms with van der Waals surface area (Å²) in [6.45, 7) is -0.434. The molecule has 6 heteroatoms. The zero-order valence-electron chi connectivity index (χ0n) is 9.29. The number of hydrogen-bond donors (Lipinski definition) is 2. The molecule has 92 valence electrons. The van der Waals surface area contributed by atoms with Crippen molar-refractivity contribution in [3.8, 4) is 0 Å². The maximum atomic E-state index is 11.9. The molecule has 0 bridgehead atoms. The van der Waals surface area contributed by atoms with E-state index in [1.165, 1.54) is 0 Å². The fourth-order valence-corrected chi connectivity index (χ4v) is 1.82. The van der Waals surface area contributed by atoms with Crippen LogP contribution in [0.5, 0.6) is 0 Å². The van der Waals surface area contributed by atoms with Crippen LogP contribution in [0.3, 0.4) is 0 Å². The number of carboxylic acid groups (broad SMARTS) is 1. The van der Waals surface area contributed by atoms with Crippen molar-refractivity contribution in [2.75, 3.05) is 6.54 Å². The zero-order chi connectivity index (χ0) is 13.1. The van der Waals surface area contributed by atoms with E-state index < -0.39 is 18.4 Å². The van der Waals surface area contributed by atoms with E-state index in [9.17, 15) is 9.59 Å². The van der Waals surface area contributed by atoms with Gasteiger partial charge in [-0.3, -0.25) is 14.5 Å². The Balaban J connectivity index is 2.23. The summed E-state index contributed by atoms with van der Waals surface area (Å²) in [7, 11) is 0. The Bertz CT molecular complexity index is 540. The molecular formula is C12H10N2O3S. The first kappa shape index (κ1) is 12.3. The van der Waals surface area contributed by atoms with Crippen LogP contribution in [-0.4, -0.2) is 33.5 Å². The predicted molar refractivity (Wildman–Crippen MR) is 69.5 cm³/mol. The van der Waals surface area contributed by atoms with Crippen LogP contribution in [0, 0.1) is 0 Å². The first-order chi connectivity index (χ1) is 8.58. The van der Waals surface area contributed by atoms with Crippen molar-refractivity contribution in [1.82, 2.24) is 10.2 Å². The summed E-state index contributed by atoms with van der Waals surface area (Å²) in [4.78, 5) is 23.5. The quantitative estimate of drug-likeness (QED) is 0.623. The average molecular weight is 262 g/mol. The maximum absolute atomic E-state index is 11.9. The molecular weight excluding hydrogens is 252 g/mol. The standard InChI is InChI=1S/C12H10N2O3S/c15-10(16)7-14-11(17)9(13-12(14)18)6-8-4-2-1-3-5-8/h1-6H,7H2,(H,13,18)(H,15,16). The number of nitrogens with one attached hydrogen (secondary N) is 1. The van der Waals surface area contributed by atoms with Crippen LogP contribution in [0.1, 0.15) is 5.56 Å². The zero-order valence-corrected chi connectivity index (χ0v) is 10.1. The second-order valence-corrected chi connectivity index (χ2v) is 4.07. The molecule has 2 N–H and O–H groups in total. The second kappa shape index (κ2) is 4.97. The smallest absolute Gasteiger partial charge is 0.323 e. The van der Waals surface area contributed by atoms with Crippen molar-refractivity contribution in [2.24, 2.45) is 0 Å². The molecule has 5 nitrogen and oxygen atoms in total. The highest BCUT2D eigenvalue weighted by atomic mass is 32.1. The summed E-state index contributed by atoms with van der Waals surface area (Å²) in [6, 6.07) is 9.24. The summed E-state index contributed by atoms with van der Waals surface area (Å²) in [5.74, 6) is -1.53. The van der Waals surface area contributed by atoms with Gasteiger partial charge < -0.3 is 10.4 Å².